The van der Waals surface area contributed by atoms with Crippen LogP contribution in [0.4, 0.5) is 0 Å². The highest BCUT2D eigenvalue weighted by atomic mass is 16.5. The molecule has 0 bridgehead atoms. The van der Waals surface area contributed by atoms with Crippen molar-refractivity contribution < 1.29 is 9.53 Å². The van der Waals surface area contributed by atoms with Gasteiger partial charge in [-0.25, -0.2) is 0 Å². The number of aldehydes is 1. The Labute approximate surface area is 149 Å². The molecule has 0 spiro atoms. The van der Waals surface area contributed by atoms with Crippen LogP contribution in [0.3, 0.4) is 0 Å². The summed E-state index contributed by atoms with van der Waals surface area (Å²) < 4.78 is 5.84. The zero-order valence-corrected chi connectivity index (χ0v) is 14.4. The molecule has 3 aromatic carbocycles. The minimum Gasteiger partial charge on any atom is -0.489 e. The van der Waals surface area contributed by atoms with Crippen LogP contribution in [-0.4, -0.2) is 6.29 Å². The summed E-state index contributed by atoms with van der Waals surface area (Å²) in [6.45, 7) is 2.62. The second kappa shape index (κ2) is 8.29. The number of benzene rings is 3. The van der Waals surface area contributed by atoms with E-state index in [1.54, 1.807) is 0 Å². The first kappa shape index (κ1) is 17.0. The van der Waals surface area contributed by atoms with Crippen LogP contribution in [0.15, 0.2) is 78.9 Å². The van der Waals surface area contributed by atoms with Crippen molar-refractivity contribution in [2.75, 3.05) is 0 Å². The van der Waals surface area contributed by atoms with E-state index in [0.29, 0.717) is 13.0 Å². The van der Waals surface area contributed by atoms with Gasteiger partial charge in [0, 0.05) is 12.3 Å². The third-order valence-corrected chi connectivity index (χ3v) is 4.31. The van der Waals surface area contributed by atoms with E-state index in [9.17, 15) is 4.79 Å². The predicted molar refractivity (Wildman–Crippen MR) is 101 cm³/mol. The minimum atomic E-state index is 0.0839. The number of ether oxygens (including phenoxy) is 1. The topological polar surface area (TPSA) is 26.3 Å². The molecule has 0 saturated carbocycles. The fraction of sp³-hybridized carbons (Fsp3) is 0.174. The molecule has 0 heterocycles. The van der Waals surface area contributed by atoms with Crippen molar-refractivity contribution in [1.82, 2.24) is 0 Å². The molecular formula is C23H22O2. The Morgan fingerprint density at radius 1 is 0.880 bits per heavy atom. The Bertz CT molecular complexity index is 807. The smallest absolute Gasteiger partial charge is 0.120 e. The molecule has 2 heteroatoms. The van der Waals surface area contributed by atoms with Gasteiger partial charge in [0.15, 0.2) is 0 Å². The molecule has 0 aliphatic carbocycles. The van der Waals surface area contributed by atoms with Crippen LogP contribution in [0.2, 0.25) is 0 Å². The number of carbonyl (C=O) groups excluding carboxylic acids is 1. The molecule has 0 aromatic heterocycles. The van der Waals surface area contributed by atoms with Crippen molar-refractivity contribution in [3.63, 3.8) is 0 Å². The summed E-state index contributed by atoms with van der Waals surface area (Å²) in [5.41, 5.74) is 4.65. The van der Waals surface area contributed by atoms with Crippen LogP contribution in [0.25, 0.3) is 0 Å². The zero-order chi connectivity index (χ0) is 17.5. The molecule has 0 radical (unpaired) electrons. The first-order valence-electron chi connectivity index (χ1n) is 8.53. The maximum Gasteiger partial charge on any atom is 0.120 e. The standard InChI is InChI=1S/C23H22O2/c1-18-6-5-9-21(16-18)23(14-15-24)20-10-12-22(13-11-20)25-17-19-7-3-2-4-8-19/h2-13,15-16,23H,14,17H2,1H3. The molecule has 0 aliphatic rings. The SMILES string of the molecule is Cc1cccc(C(CC=O)c2ccc(OCc3ccccc3)cc2)c1. The molecule has 1 unspecified atom stereocenters. The lowest BCUT2D eigenvalue weighted by Crippen LogP contribution is -2.03. The lowest BCUT2D eigenvalue weighted by Gasteiger charge is -2.16. The third kappa shape index (κ3) is 4.57. The van der Waals surface area contributed by atoms with Crippen molar-refractivity contribution in [3.05, 3.63) is 101 Å². The van der Waals surface area contributed by atoms with E-state index in [1.165, 1.54) is 11.1 Å². The molecule has 0 N–H and O–H groups in total. The number of hydrogen-bond donors (Lipinski definition) is 0. The van der Waals surface area contributed by atoms with Crippen LogP contribution >= 0.6 is 0 Å². The molecule has 3 rings (SSSR count). The first-order chi connectivity index (χ1) is 12.3. The van der Waals surface area contributed by atoms with E-state index in [-0.39, 0.29) is 5.92 Å². The summed E-state index contributed by atoms with van der Waals surface area (Å²) in [4.78, 5) is 11.1. The molecule has 0 fully saturated rings. The van der Waals surface area contributed by atoms with Gasteiger partial charge in [-0.2, -0.15) is 0 Å². The van der Waals surface area contributed by atoms with Gasteiger partial charge in [0.05, 0.1) is 0 Å². The zero-order valence-electron chi connectivity index (χ0n) is 14.4. The van der Waals surface area contributed by atoms with E-state index in [0.717, 1.165) is 23.2 Å². The van der Waals surface area contributed by atoms with Gasteiger partial charge >= 0.3 is 0 Å². The molecule has 126 valence electrons. The summed E-state index contributed by atoms with van der Waals surface area (Å²) in [5, 5.41) is 0. The fourth-order valence-corrected chi connectivity index (χ4v) is 2.98. The highest BCUT2D eigenvalue weighted by molar-refractivity contribution is 5.54. The summed E-state index contributed by atoms with van der Waals surface area (Å²) in [6, 6.07) is 26.5. The maximum absolute atomic E-state index is 11.1. The van der Waals surface area contributed by atoms with Gasteiger partial charge in [0.25, 0.3) is 0 Å². The summed E-state index contributed by atoms with van der Waals surface area (Å²) in [6.07, 6.45) is 1.47. The number of aryl methyl sites for hydroxylation is 1. The fourth-order valence-electron chi connectivity index (χ4n) is 2.98. The van der Waals surface area contributed by atoms with Crippen molar-refractivity contribution in [3.8, 4) is 5.75 Å². The van der Waals surface area contributed by atoms with Gasteiger partial charge in [-0.1, -0.05) is 72.3 Å². The molecule has 0 aliphatic heterocycles. The van der Waals surface area contributed by atoms with E-state index in [2.05, 4.69) is 37.3 Å². The number of rotatable bonds is 7. The summed E-state index contributed by atoms with van der Waals surface area (Å²) >= 11 is 0. The van der Waals surface area contributed by atoms with Crippen molar-refractivity contribution in [1.29, 1.82) is 0 Å². The molecule has 2 nitrogen and oxygen atoms in total. The van der Waals surface area contributed by atoms with E-state index < -0.39 is 0 Å². The molecule has 0 amide bonds. The Balaban J connectivity index is 1.74. The summed E-state index contributed by atoms with van der Waals surface area (Å²) in [5.74, 6) is 0.919. The normalized spacial score (nSPS) is 11.7. The second-order valence-electron chi connectivity index (χ2n) is 6.21. The van der Waals surface area contributed by atoms with E-state index >= 15 is 0 Å². The Morgan fingerprint density at radius 3 is 2.32 bits per heavy atom. The van der Waals surface area contributed by atoms with E-state index in [1.807, 2.05) is 48.5 Å². The molecular weight excluding hydrogens is 308 g/mol. The lowest BCUT2D eigenvalue weighted by molar-refractivity contribution is -0.108. The van der Waals surface area contributed by atoms with Crippen LogP contribution in [0, 0.1) is 6.92 Å². The molecule has 3 aromatic rings. The van der Waals surface area contributed by atoms with Crippen LogP contribution in [0.5, 0.6) is 5.75 Å². The van der Waals surface area contributed by atoms with Gasteiger partial charge in [0.2, 0.25) is 0 Å². The van der Waals surface area contributed by atoms with Crippen molar-refractivity contribution in [2.45, 2.75) is 25.9 Å². The van der Waals surface area contributed by atoms with E-state index in [4.69, 9.17) is 4.74 Å². The average molecular weight is 330 g/mol. The van der Waals surface area contributed by atoms with Crippen LogP contribution < -0.4 is 4.74 Å². The maximum atomic E-state index is 11.1. The number of hydrogen-bond acceptors (Lipinski definition) is 2. The monoisotopic (exact) mass is 330 g/mol. The predicted octanol–water partition coefficient (Wildman–Crippen LogP) is 5.29. The van der Waals surface area contributed by atoms with Crippen molar-refractivity contribution >= 4 is 6.29 Å². The highest BCUT2D eigenvalue weighted by Gasteiger charge is 2.14. The highest BCUT2D eigenvalue weighted by Crippen LogP contribution is 2.29. The molecule has 0 saturated heterocycles. The van der Waals surface area contributed by atoms with Gasteiger partial charge in [-0.15, -0.1) is 0 Å². The average Bonchev–Trinajstić information content (AvgIpc) is 2.66. The van der Waals surface area contributed by atoms with Crippen LogP contribution in [0.1, 0.15) is 34.6 Å². The molecule has 25 heavy (non-hydrogen) atoms. The lowest BCUT2D eigenvalue weighted by atomic mass is 9.88. The largest absolute Gasteiger partial charge is 0.489 e. The molecule has 1 atom stereocenters. The Kier molecular flexibility index (Phi) is 5.63. The Hall–Kier alpha value is -2.87. The quantitative estimate of drug-likeness (QED) is 0.550. The summed E-state index contributed by atoms with van der Waals surface area (Å²) in [7, 11) is 0. The van der Waals surface area contributed by atoms with Gasteiger partial charge in [-0.3, -0.25) is 0 Å². The minimum absolute atomic E-state index is 0.0839. The first-order valence-corrected chi connectivity index (χ1v) is 8.53. The van der Waals surface area contributed by atoms with Gasteiger partial charge in [-0.05, 0) is 35.7 Å². The Morgan fingerprint density at radius 2 is 1.64 bits per heavy atom. The second-order valence-corrected chi connectivity index (χ2v) is 6.21. The van der Waals surface area contributed by atoms with Crippen LogP contribution in [-0.2, 0) is 11.4 Å². The van der Waals surface area contributed by atoms with Gasteiger partial charge in [0.1, 0.15) is 18.6 Å². The van der Waals surface area contributed by atoms with Crippen molar-refractivity contribution in [2.24, 2.45) is 0 Å². The third-order valence-electron chi connectivity index (χ3n) is 4.31. The van der Waals surface area contributed by atoms with Gasteiger partial charge < -0.3 is 9.53 Å². The number of carbonyl (C=O) groups is 1.